The van der Waals surface area contributed by atoms with Crippen molar-refractivity contribution in [2.24, 2.45) is 11.5 Å². The zero-order chi connectivity index (χ0) is 26.5. The Morgan fingerprint density at radius 3 is 1.97 bits per heavy atom. The summed E-state index contributed by atoms with van der Waals surface area (Å²) in [7, 11) is 0. The van der Waals surface area contributed by atoms with E-state index in [1.54, 1.807) is 31.2 Å². The van der Waals surface area contributed by atoms with Crippen LogP contribution in [0.15, 0.2) is 24.3 Å². The molecule has 0 bridgehead atoms. The maximum absolute atomic E-state index is 11.3. The van der Waals surface area contributed by atoms with Crippen LogP contribution in [0.5, 0.6) is 0 Å². The summed E-state index contributed by atoms with van der Waals surface area (Å²) in [5, 5.41) is 27.6. The number of aliphatic hydroxyl groups excluding tert-OH is 2. The first-order valence-corrected chi connectivity index (χ1v) is 12.8. The van der Waals surface area contributed by atoms with Crippen LogP contribution in [-0.4, -0.2) is 34.3 Å². The number of ether oxygens (including phenoxy) is 1. The fourth-order valence-electron chi connectivity index (χ4n) is 4.27. The second-order valence-electron chi connectivity index (χ2n) is 9.19. The lowest BCUT2D eigenvalue weighted by atomic mass is 9.95. The SMILES string of the molecule is C1CCCCCCC1.Cc1c([C@@H](O)CN)ccc2c1COC2=O.Cc1nc(C(O)CN)ccc1C#N. The molecule has 1 aliphatic heterocycles. The molecule has 1 aliphatic carbocycles. The molecular weight excluding hydrogens is 456 g/mol. The van der Waals surface area contributed by atoms with Crippen LogP contribution in [0.1, 0.15) is 108 Å². The number of carbonyl (C=O) groups excluding carboxylic acids is 1. The van der Waals surface area contributed by atoms with E-state index in [-0.39, 0.29) is 19.1 Å². The molecule has 196 valence electrons. The predicted octanol–water partition coefficient (Wildman–Crippen LogP) is 4.03. The number of nitriles is 1. The zero-order valence-electron chi connectivity index (χ0n) is 21.5. The van der Waals surface area contributed by atoms with Gasteiger partial charge in [-0.1, -0.05) is 57.4 Å². The number of aromatic nitrogens is 1. The highest BCUT2D eigenvalue weighted by atomic mass is 16.5. The van der Waals surface area contributed by atoms with Crippen molar-refractivity contribution in [3.63, 3.8) is 0 Å². The minimum atomic E-state index is -0.744. The van der Waals surface area contributed by atoms with Gasteiger partial charge in [0, 0.05) is 18.7 Å². The topological polar surface area (TPSA) is 155 Å². The molecule has 2 aliphatic rings. The Morgan fingerprint density at radius 1 is 0.944 bits per heavy atom. The van der Waals surface area contributed by atoms with Crippen LogP contribution in [-0.2, 0) is 11.3 Å². The molecule has 8 heteroatoms. The minimum Gasteiger partial charge on any atom is -0.457 e. The van der Waals surface area contributed by atoms with Gasteiger partial charge in [0.15, 0.2) is 0 Å². The predicted molar refractivity (Wildman–Crippen MR) is 139 cm³/mol. The van der Waals surface area contributed by atoms with Crippen LogP contribution in [0.25, 0.3) is 0 Å². The maximum Gasteiger partial charge on any atom is 0.338 e. The van der Waals surface area contributed by atoms with Crippen molar-refractivity contribution in [3.05, 3.63) is 63.5 Å². The molecule has 6 N–H and O–H groups in total. The van der Waals surface area contributed by atoms with Crippen LogP contribution in [0.2, 0.25) is 0 Å². The van der Waals surface area contributed by atoms with Crippen molar-refractivity contribution in [1.82, 2.24) is 4.98 Å². The molecule has 2 aromatic rings. The highest BCUT2D eigenvalue weighted by Gasteiger charge is 2.25. The van der Waals surface area contributed by atoms with Gasteiger partial charge in [0.25, 0.3) is 0 Å². The molecule has 4 rings (SSSR count). The second kappa shape index (κ2) is 15.3. The number of hydrogen-bond donors (Lipinski definition) is 4. The Kier molecular flexibility index (Phi) is 12.5. The van der Waals surface area contributed by atoms with Crippen LogP contribution >= 0.6 is 0 Å². The lowest BCUT2D eigenvalue weighted by molar-refractivity contribution is 0.0535. The summed E-state index contributed by atoms with van der Waals surface area (Å²) in [5.41, 5.74) is 15.5. The maximum atomic E-state index is 11.3. The number of rotatable bonds is 4. The number of benzene rings is 1. The monoisotopic (exact) mass is 496 g/mol. The summed E-state index contributed by atoms with van der Waals surface area (Å²) in [6, 6.07) is 8.67. The summed E-state index contributed by atoms with van der Waals surface area (Å²) in [4.78, 5) is 15.3. The van der Waals surface area contributed by atoms with Gasteiger partial charge in [0.05, 0.1) is 28.6 Å². The van der Waals surface area contributed by atoms with Crippen molar-refractivity contribution >= 4 is 5.97 Å². The molecule has 1 unspecified atom stereocenters. The van der Waals surface area contributed by atoms with Gasteiger partial charge in [0.2, 0.25) is 0 Å². The van der Waals surface area contributed by atoms with E-state index in [0.29, 0.717) is 29.1 Å². The normalized spacial score (nSPS) is 16.4. The summed E-state index contributed by atoms with van der Waals surface area (Å²) < 4.78 is 4.92. The Balaban J connectivity index is 0.000000199. The quantitative estimate of drug-likeness (QED) is 0.462. The minimum absolute atomic E-state index is 0.137. The third-order valence-corrected chi connectivity index (χ3v) is 6.58. The number of cyclic esters (lactones) is 1. The van der Waals surface area contributed by atoms with E-state index in [1.807, 2.05) is 13.0 Å². The highest BCUT2D eigenvalue weighted by molar-refractivity contribution is 5.93. The van der Waals surface area contributed by atoms with Crippen LogP contribution in [0.3, 0.4) is 0 Å². The van der Waals surface area contributed by atoms with Crippen LogP contribution in [0.4, 0.5) is 0 Å². The van der Waals surface area contributed by atoms with Gasteiger partial charge in [0.1, 0.15) is 18.8 Å². The van der Waals surface area contributed by atoms with E-state index in [2.05, 4.69) is 4.98 Å². The van der Waals surface area contributed by atoms with Crippen molar-refractivity contribution < 1.29 is 19.7 Å². The number of esters is 1. The molecule has 0 saturated heterocycles. The third kappa shape index (κ3) is 8.38. The van der Waals surface area contributed by atoms with Crippen LogP contribution < -0.4 is 11.5 Å². The van der Waals surface area contributed by atoms with E-state index >= 15 is 0 Å². The number of hydrogen-bond acceptors (Lipinski definition) is 8. The summed E-state index contributed by atoms with van der Waals surface area (Å²) in [6.45, 7) is 4.21. The Bertz CT molecular complexity index is 1010. The largest absolute Gasteiger partial charge is 0.457 e. The van der Waals surface area contributed by atoms with Crippen LogP contribution in [0, 0.1) is 25.2 Å². The number of nitrogens with two attached hydrogens (primary N) is 2. The molecular formula is C28H40N4O4. The Hall–Kier alpha value is -2.83. The molecule has 0 radical (unpaired) electrons. The van der Waals surface area contributed by atoms with Gasteiger partial charge >= 0.3 is 5.97 Å². The standard InChI is InChI=1S/C11H13NO3.C9H11N3O.C8H16/c1-6-7(10(13)4-12)2-3-8-9(6)5-15-11(8)14;1-6-7(4-10)2-3-8(12-6)9(13)5-11;1-2-4-6-8-7-5-3-1/h2-3,10,13H,4-5,12H2,1H3;2-3,9,13H,5,11H2,1H3;1-8H2/t10-;;/m0../s1. The number of carbonyl (C=O) groups is 1. The van der Waals surface area contributed by atoms with E-state index in [0.717, 1.165) is 16.7 Å². The smallest absolute Gasteiger partial charge is 0.338 e. The lowest BCUT2D eigenvalue weighted by Gasteiger charge is -2.13. The molecule has 2 atom stereocenters. The summed E-state index contributed by atoms with van der Waals surface area (Å²) in [6.07, 6.45) is 10.6. The van der Waals surface area contributed by atoms with Gasteiger partial charge in [-0.05, 0) is 43.2 Å². The fraction of sp³-hybridized carbons (Fsp3) is 0.536. The lowest BCUT2D eigenvalue weighted by Crippen LogP contribution is -2.13. The van der Waals surface area contributed by atoms with Crippen molar-refractivity contribution in [2.75, 3.05) is 13.1 Å². The van der Waals surface area contributed by atoms with E-state index < -0.39 is 12.2 Å². The van der Waals surface area contributed by atoms with Gasteiger partial charge in [-0.15, -0.1) is 0 Å². The molecule has 8 nitrogen and oxygen atoms in total. The van der Waals surface area contributed by atoms with Gasteiger partial charge < -0.3 is 26.4 Å². The molecule has 0 amide bonds. The van der Waals surface area contributed by atoms with Crippen molar-refractivity contribution in [2.45, 2.75) is 84.0 Å². The molecule has 36 heavy (non-hydrogen) atoms. The first-order valence-electron chi connectivity index (χ1n) is 12.8. The van der Waals surface area contributed by atoms with E-state index in [9.17, 15) is 15.0 Å². The molecule has 1 aromatic heterocycles. The number of aliphatic hydroxyl groups is 2. The fourth-order valence-corrected chi connectivity index (χ4v) is 4.27. The van der Waals surface area contributed by atoms with Crippen molar-refractivity contribution in [3.8, 4) is 6.07 Å². The molecule has 0 spiro atoms. The summed E-state index contributed by atoms with van der Waals surface area (Å²) >= 11 is 0. The number of pyridine rings is 1. The average Bonchev–Trinajstić information content (AvgIpc) is 3.25. The second-order valence-corrected chi connectivity index (χ2v) is 9.19. The average molecular weight is 497 g/mol. The van der Waals surface area contributed by atoms with Gasteiger partial charge in [-0.25, -0.2) is 4.79 Å². The number of nitrogens with zero attached hydrogens (tertiary/aromatic N) is 2. The molecule has 2 heterocycles. The Labute approximate surface area is 214 Å². The first-order chi connectivity index (χ1) is 17.3. The number of fused-ring (bicyclic) bond motifs is 1. The van der Waals surface area contributed by atoms with E-state index in [1.165, 1.54) is 51.4 Å². The molecule has 1 saturated carbocycles. The van der Waals surface area contributed by atoms with Crippen molar-refractivity contribution in [1.29, 1.82) is 5.26 Å². The highest BCUT2D eigenvalue weighted by Crippen LogP contribution is 2.28. The number of aryl methyl sites for hydroxylation is 1. The first kappa shape index (κ1) is 29.4. The third-order valence-electron chi connectivity index (χ3n) is 6.58. The Morgan fingerprint density at radius 2 is 1.50 bits per heavy atom. The zero-order valence-corrected chi connectivity index (χ0v) is 21.5. The van der Waals surface area contributed by atoms with Gasteiger partial charge in [-0.3, -0.25) is 4.98 Å². The summed E-state index contributed by atoms with van der Waals surface area (Å²) in [5.74, 6) is -0.290. The van der Waals surface area contributed by atoms with E-state index in [4.69, 9.17) is 21.5 Å². The molecule has 1 fully saturated rings. The van der Waals surface area contributed by atoms with Gasteiger partial charge in [-0.2, -0.15) is 5.26 Å². The molecule has 1 aromatic carbocycles.